The van der Waals surface area contributed by atoms with Gasteiger partial charge in [0.15, 0.2) is 0 Å². The zero-order valence-electron chi connectivity index (χ0n) is 9.63. The molecule has 1 rings (SSSR count). The minimum absolute atomic E-state index is 0.0594. The zero-order chi connectivity index (χ0) is 11.4. The largest absolute Gasteiger partial charge is 0.378 e. The van der Waals surface area contributed by atoms with Crippen molar-refractivity contribution in [3.63, 3.8) is 0 Å². The Morgan fingerprint density at radius 3 is 2.67 bits per heavy atom. The van der Waals surface area contributed by atoms with Gasteiger partial charge in [-0.3, -0.25) is 4.79 Å². The Labute approximate surface area is 105 Å². The molecule has 1 amide bonds. The number of nitrogens with one attached hydrogen (secondary N) is 1. The molecule has 1 heterocycles. The highest BCUT2D eigenvalue weighted by molar-refractivity contribution is 14.1. The van der Waals surface area contributed by atoms with Crippen LogP contribution in [-0.4, -0.2) is 29.1 Å². The Morgan fingerprint density at radius 1 is 1.60 bits per heavy atom. The average molecular weight is 325 g/mol. The number of ether oxygens (including phenoxy) is 1. The summed E-state index contributed by atoms with van der Waals surface area (Å²) in [4.78, 5) is 11.9. The van der Waals surface area contributed by atoms with Crippen molar-refractivity contribution in [2.75, 3.05) is 11.0 Å². The third-order valence-electron chi connectivity index (χ3n) is 2.87. The third kappa shape index (κ3) is 3.90. The van der Waals surface area contributed by atoms with Crippen molar-refractivity contribution in [2.24, 2.45) is 11.8 Å². The lowest BCUT2D eigenvalue weighted by atomic mass is 10.0. The summed E-state index contributed by atoms with van der Waals surface area (Å²) >= 11 is 2.32. The van der Waals surface area contributed by atoms with Crippen LogP contribution in [0.2, 0.25) is 0 Å². The number of hydrogen-bond acceptors (Lipinski definition) is 2. The molecule has 88 valence electrons. The Bertz CT molecular complexity index is 221. The van der Waals surface area contributed by atoms with Crippen molar-refractivity contribution in [2.45, 2.75) is 39.3 Å². The van der Waals surface area contributed by atoms with Gasteiger partial charge in [-0.2, -0.15) is 0 Å². The van der Waals surface area contributed by atoms with Gasteiger partial charge in [0.05, 0.1) is 18.6 Å². The molecule has 3 unspecified atom stereocenters. The summed E-state index contributed by atoms with van der Waals surface area (Å²) in [5.41, 5.74) is 0. The van der Waals surface area contributed by atoms with Crippen LogP contribution in [-0.2, 0) is 9.53 Å². The van der Waals surface area contributed by atoms with Gasteiger partial charge in [-0.1, -0.05) is 36.4 Å². The lowest BCUT2D eigenvalue weighted by Gasteiger charge is -2.21. The van der Waals surface area contributed by atoms with E-state index in [2.05, 4.69) is 41.8 Å². The van der Waals surface area contributed by atoms with Gasteiger partial charge in [0.25, 0.3) is 0 Å². The van der Waals surface area contributed by atoms with Crippen molar-refractivity contribution in [3.8, 4) is 0 Å². The number of halogens is 1. The highest BCUT2D eigenvalue weighted by atomic mass is 127. The first-order valence-electron chi connectivity index (χ1n) is 5.52. The fraction of sp³-hybridized carbons (Fsp3) is 0.909. The van der Waals surface area contributed by atoms with Crippen molar-refractivity contribution >= 4 is 28.5 Å². The summed E-state index contributed by atoms with van der Waals surface area (Å²) < 4.78 is 6.36. The smallest absolute Gasteiger partial charge is 0.225 e. The second-order valence-corrected chi connectivity index (χ2v) is 5.47. The van der Waals surface area contributed by atoms with E-state index in [9.17, 15) is 4.79 Å². The average Bonchev–Trinajstić information content (AvgIpc) is 2.60. The number of amides is 1. The number of hydrogen-bond donors (Lipinski definition) is 1. The van der Waals surface area contributed by atoms with Gasteiger partial charge in [-0.15, -0.1) is 0 Å². The topological polar surface area (TPSA) is 38.3 Å². The predicted octanol–water partition coefficient (Wildman–Crippen LogP) is 1.99. The molecule has 1 aliphatic rings. The first-order chi connectivity index (χ1) is 7.04. The number of rotatable bonds is 4. The van der Waals surface area contributed by atoms with Crippen LogP contribution in [0.25, 0.3) is 0 Å². The van der Waals surface area contributed by atoms with Gasteiger partial charge in [0.1, 0.15) is 0 Å². The first kappa shape index (κ1) is 13.2. The highest BCUT2D eigenvalue weighted by Gasteiger charge is 2.29. The van der Waals surface area contributed by atoms with Crippen molar-refractivity contribution in [1.82, 2.24) is 5.32 Å². The van der Waals surface area contributed by atoms with Crippen molar-refractivity contribution < 1.29 is 9.53 Å². The van der Waals surface area contributed by atoms with E-state index in [1.54, 1.807) is 0 Å². The number of carbonyl (C=O) groups is 1. The molecule has 0 aromatic rings. The molecule has 3 atom stereocenters. The van der Waals surface area contributed by atoms with Gasteiger partial charge in [-0.05, 0) is 19.3 Å². The molecular weight excluding hydrogens is 305 g/mol. The summed E-state index contributed by atoms with van der Waals surface area (Å²) in [7, 11) is 0. The molecule has 4 heteroatoms. The summed E-state index contributed by atoms with van der Waals surface area (Å²) in [6.45, 7) is 6.87. The predicted molar refractivity (Wildman–Crippen MR) is 69.2 cm³/mol. The van der Waals surface area contributed by atoms with Crippen LogP contribution >= 0.6 is 22.6 Å². The molecule has 1 aliphatic heterocycles. The van der Waals surface area contributed by atoms with E-state index in [0.29, 0.717) is 12.5 Å². The SMILES string of the molecule is CC1CC(C(=O)NC(CI)C(C)C)CO1. The molecule has 0 aliphatic carbocycles. The maximum Gasteiger partial charge on any atom is 0.225 e. The molecule has 1 saturated heterocycles. The highest BCUT2D eigenvalue weighted by Crippen LogP contribution is 2.19. The van der Waals surface area contributed by atoms with Gasteiger partial charge in [-0.25, -0.2) is 0 Å². The molecule has 0 bridgehead atoms. The molecule has 3 nitrogen and oxygen atoms in total. The van der Waals surface area contributed by atoms with Crippen molar-refractivity contribution in [3.05, 3.63) is 0 Å². The second kappa shape index (κ2) is 6.03. The molecule has 15 heavy (non-hydrogen) atoms. The van der Waals surface area contributed by atoms with E-state index in [1.165, 1.54) is 0 Å². The van der Waals surface area contributed by atoms with Gasteiger partial charge in [0.2, 0.25) is 5.91 Å². The Kier molecular flexibility index (Phi) is 5.32. The summed E-state index contributed by atoms with van der Waals surface area (Å²) in [5.74, 6) is 0.713. The van der Waals surface area contributed by atoms with Gasteiger partial charge >= 0.3 is 0 Å². The first-order valence-corrected chi connectivity index (χ1v) is 7.05. The van der Waals surface area contributed by atoms with Crippen LogP contribution in [0, 0.1) is 11.8 Å². The third-order valence-corrected chi connectivity index (χ3v) is 3.82. The molecule has 1 fully saturated rings. The Balaban J connectivity index is 2.40. The molecule has 0 aromatic carbocycles. The lowest BCUT2D eigenvalue weighted by Crippen LogP contribution is -2.43. The second-order valence-electron chi connectivity index (χ2n) is 4.59. The van der Waals surface area contributed by atoms with Crippen LogP contribution < -0.4 is 5.32 Å². The fourth-order valence-electron chi connectivity index (χ4n) is 1.68. The van der Waals surface area contributed by atoms with Gasteiger partial charge < -0.3 is 10.1 Å². The van der Waals surface area contributed by atoms with E-state index in [0.717, 1.165) is 10.8 Å². The zero-order valence-corrected chi connectivity index (χ0v) is 11.8. The molecule has 0 saturated carbocycles. The summed E-state index contributed by atoms with van der Waals surface area (Å²) in [6, 6.07) is 0.286. The Morgan fingerprint density at radius 2 is 2.27 bits per heavy atom. The normalized spacial score (nSPS) is 28.1. The lowest BCUT2D eigenvalue weighted by molar-refractivity contribution is -0.125. The van der Waals surface area contributed by atoms with E-state index in [4.69, 9.17) is 4.74 Å². The van der Waals surface area contributed by atoms with E-state index in [-0.39, 0.29) is 24.0 Å². The maximum atomic E-state index is 11.9. The Hall–Kier alpha value is 0.160. The van der Waals surface area contributed by atoms with Crippen molar-refractivity contribution in [1.29, 1.82) is 0 Å². The maximum absolute atomic E-state index is 11.9. The van der Waals surface area contributed by atoms with Crippen LogP contribution in [0.1, 0.15) is 27.2 Å². The quantitative estimate of drug-likeness (QED) is 0.634. The van der Waals surface area contributed by atoms with Crippen LogP contribution in [0.5, 0.6) is 0 Å². The van der Waals surface area contributed by atoms with E-state index < -0.39 is 0 Å². The minimum atomic E-state index is 0.0594. The van der Waals surface area contributed by atoms with Gasteiger partial charge in [0, 0.05) is 10.5 Å². The van der Waals surface area contributed by atoms with Crippen LogP contribution in [0.15, 0.2) is 0 Å². The fourth-order valence-corrected chi connectivity index (χ4v) is 2.92. The van der Waals surface area contributed by atoms with E-state index >= 15 is 0 Å². The monoisotopic (exact) mass is 325 g/mol. The number of carbonyl (C=O) groups excluding carboxylic acids is 1. The summed E-state index contributed by atoms with van der Waals surface area (Å²) in [6.07, 6.45) is 1.09. The molecule has 0 radical (unpaired) electrons. The molecule has 1 N–H and O–H groups in total. The summed E-state index contributed by atoms with van der Waals surface area (Å²) in [5, 5.41) is 3.10. The number of alkyl halides is 1. The van der Waals surface area contributed by atoms with E-state index in [1.807, 2.05) is 6.92 Å². The molecule has 0 spiro atoms. The molecule has 0 aromatic heterocycles. The minimum Gasteiger partial charge on any atom is -0.378 e. The standard InChI is InChI=1S/C11H20INO2/c1-7(2)10(5-12)13-11(14)9-4-8(3)15-6-9/h7-10H,4-6H2,1-3H3,(H,13,14). The van der Waals surface area contributed by atoms with Crippen LogP contribution in [0.4, 0.5) is 0 Å². The molecular formula is C11H20INO2. The van der Waals surface area contributed by atoms with Crippen LogP contribution in [0.3, 0.4) is 0 Å².